The summed E-state index contributed by atoms with van der Waals surface area (Å²) in [7, 11) is -4.72. The Morgan fingerprint density at radius 1 is 0.919 bits per heavy atom. The molecule has 2 aromatic carbocycles. The molecule has 2 aliphatic rings. The molecule has 2 heterocycles. The van der Waals surface area contributed by atoms with Gasteiger partial charge in [0.2, 0.25) is 6.01 Å². The zero-order chi connectivity index (χ0) is 27.6. The largest absolute Gasteiger partial charge is 0.303 e. The third-order valence-electron chi connectivity index (χ3n) is 7.60. The van der Waals surface area contributed by atoms with Crippen LogP contribution in [0.25, 0.3) is 0 Å². The van der Waals surface area contributed by atoms with Crippen molar-refractivity contribution >= 4 is 31.6 Å². The fourth-order valence-corrected chi connectivity index (χ4v) is 7.94. The van der Waals surface area contributed by atoms with Crippen LogP contribution in [0.1, 0.15) is 69.2 Å². The molecule has 0 aliphatic carbocycles. The maximum absolute atomic E-state index is 13.7. The highest BCUT2D eigenvalue weighted by molar-refractivity contribution is 7.92. The Labute approximate surface area is 221 Å². The molecule has 0 bridgehead atoms. The van der Waals surface area contributed by atoms with Gasteiger partial charge in [-0.15, -0.1) is 0 Å². The lowest BCUT2D eigenvalue weighted by Crippen LogP contribution is -2.40. The van der Waals surface area contributed by atoms with E-state index in [4.69, 9.17) is 0 Å². The van der Waals surface area contributed by atoms with Crippen molar-refractivity contribution in [3.8, 4) is 0 Å². The Kier molecular flexibility index (Phi) is 6.95. The van der Waals surface area contributed by atoms with E-state index in [1.807, 2.05) is 57.2 Å². The minimum absolute atomic E-state index is 0.160. The Hall–Kier alpha value is -2.17. The van der Waals surface area contributed by atoms with Crippen LogP contribution in [-0.4, -0.2) is 54.3 Å². The van der Waals surface area contributed by atoms with Crippen molar-refractivity contribution in [2.24, 2.45) is 0 Å². The van der Waals surface area contributed by atoms with Gasteiger partial charge in [0.05, 0.1) is 11.4 Å². The van der Waals surface area contributed by atoms with Crippen LogP contribution < -0.4 is 8.61 Å². The molecule has 1 atom stereocenters. The van der Waals surface area contributed by atoms with Gasteiger partial charge in [0.1, 0.15) is 0 Å². The van der Waals surface area contributed by atoms with Crippen molar-refractivity contribution in [3.63, 3.8) is 0 Å². The van der Waals surface area contributed by atoms with Crippen molar-refractivity contribution in [3.05, 3.63) is 58.7 Å². The van der Waals surface area contributed by atoms with Gasteiger partial charge in [0.15, 0.2) is 0 Å². The zero-order valence-electron chi connectivity index (χ0n) is 22.7. The van der Waals surface area contributed by atoms with E-state index in [-0.39, 0.29) is 17.9 Å². The van der Waals surface area contributed by atoms with Gasteiger partial charge in [0.25, 0.3) is 10.0 Å². The van der Waals surface area contributed by atoms with E-state index in [1.54, 1.807) is 0 Å². The third-order valence-corrected chi connectivity index (χ3v) is 10.7. The highest BCUT2D eigenvalue weighted by Gasteiger charge is 2.43. The first-order chi connectivity index (χ1) is 17.0. The number of fused-ring (bicyclic) bond motifs is 2. The summed E-state index contributed by atoms with van der Waals surface area (Å²) in [4.78, 5) is 0. The molecule has 4 rings (SSSR count). The van der Waals surface area contributed by atoms with Crippen molar-refractivity contribution in [2.75, 3.05) is 41.8 Å². The van der Waals surface area contributed by atoms with Crippen molar-refractivity contribution in [2.45, 2.75) is 64.2 Å². The van der Waals surface area contributed by atoms with E-state index >= 15 is 0 Å². The highest BCUT2D eigenvalue weighted by Crippen LogP contribution is 2.50. The summed E-state index contributed by atoms with van der Waals surface area (Å²) in [5.41, 5.74) is 4.13. The molecule has 0 aromatic heterocycles. The SMILES string of the molecule is CN(C)S(=O)(=O)N1CCc2cccc(C(C)(C)CC3CN(S(=O)(=O)CF)c4c3cccc4C(C)(C)C)c21. The van der Waals surface area contributed by atoms with Crippen molar-refractivity contribution in [1.29, 1.82) is 0 Å². The maximum Gasteiger partial charge on any atom is 0.303 e. The molecule has 204 valence electrons. The van der Waals surface area contributed by atoms with Gasteiger partial charge in [-0.2, -0.15) is 12.7 Å². The summed E-state index contributed by atoms with van der Waals surface area (Å²) >= 11 is 0. The van der Waals surface area contributed by atoms with Gasteiger partial charge in [-0.3, -0.25) is 8.61 Å². The first kappa shape index (κ1) is 27.9. The van der Waals surface area contributed by atoms with E-state index in [2.05, 4.69) is 13.8 Å². The van der Waals surface area contributed by atoms with Crippen molar-refractivity contribution < 1.29 is 21.2 Å². The van der Waals surface area contributed by atoms with E-state index < -0.39 is 31.7 Å². The lowest BCUT2D eigenvalue weighted by Gasteiger charge is -2.34. The number of nitrogens with zero attached hydrogens (tertiary/aromatic N) is 3. The predicted octanol–water partition coefficient (Wildman–Crippen LogP) is 4.68. The zero-order valence-corrected chi connectivity index (χ0v) is 24.4. The number of hydrogen-bond acceptors (Lipinski definition) is 4. The minimum atomic E-state index is -4.12. The van der Waals surface area contributed by atoms with Crippen LogP contribution in [0.3, 0.4) is 0 Å². The topological polar surface area (TPSA) is 78.0 Å². The van der Waals surface area contributed by atoms with Crippen LogP contribution >= 0.6 is 0 Å². The average Bonchev–Trinajstić information content (AvgIpc) is 3.40. The summed E-state index contributed by atoms with van der Waals surface area (Å²) in [6.07, 6.45) is 1.20. The first-order valence-corrected chi connectivity index (χ1v) is 15.6. The summed E-state index contributed by atoms with van der Waals surface area (Å²) in [6.45, 7) is 10.7. The molecule has 2 aromatic rings. The van der Waals surface area contributed by atoms with Gasteiger partial charge in [0, 0.05) is 33.1 Å². The van der Waals surface area contributed by atoms with E-state index in [1.165, 1.54) is 27.0 Å². The molecular formula is C27H38FN3O4S2. The molecule has 1 unspecified atom stereocenters. The molecule has 0 saturated heterocycles. The van der Waals surface area contributed by atoms with E-state index in [0.717, 1.165) is 27.9 Å². The smallest absolute Gasteiger partial charge is 0.267 e. The number of para-hydroxylation sites is 2. The summed E-state index contributed by atoms with van der Waals surface area (Å²) in [5, 5.41) is 0. The van der Waals surface area contributed by atoms with E-state index in [0.29, 0.717) is 25.1 Å². The Morgan fingerprint density at radius 2 is 1.54 bits per heavy atom. The van der Waals surface area contributed by atoms with E-state index in [9.17, 15) is 21.2 Å². The molecule has 7 nitrogen and oxygen atoms in total. The molecule has 0 fully saturated rings. The standard InChI is InChI=1S/C27H38FN3O4S2/c1-26(2,3)22-12-9-11-21-20(17-31(25(21)22)36(32,33)18-28)16-27(4,5)23-13-8-10-19-14-15-30(24(19)23)37(34,35)29(6)7/h8-13,20H,14-18H2,1-7H3. The van der Waals surface area contributed by atoms with Gasteiger partial charge in [-0.05, 0) is 45.9 Å². The monoisotopic (exact) mass is 551 g/mol. The lowest BCUT2D eigenvalue weighted by atomic mass is 9.74. The molecule has 10 heteroatoms. The molecule has 2 aliphatic heterocycles. The molecule has 37 heavy (non-hydrogen) atoms. The molecular weight excluding hydrogens is 513 g/mol. The summed E-state index contributed by atoms with van der Waals surface area (Å²) < 4.78 is 69.7. The maximum atomic E-state index is 13.7. The Balaban J connectivity index is 1.80. The second-order valence-electron chi connectivity index (χ2n) is 12.0. The Morgan fingerprint density at radius 3 is 2.14 bits per heavy atom. The number of hydrogen-bond donors (Lipinski definition) is 0. The van der Waals surface area contributed by atoms with Crippen molar-refractivity contribution in [1.82, 2.24) is 4.31 Å². The van der Waals surface area contributed by atoms with Gasteiger partial charge in [-0.25, -0.2) is 12.8 Å². The Bertz CT molecular complexity index is 1410. The lowest BCUT2D eigenvalue weighted by molar-refractivity contribution is 0.435. The molecule has 0 radical (unpaired) electrons. The number of halogens is 1. The van der Waals surface area contributed by atoms with Gasteiger partial charge in [-0.1, -0.05) is 71.0 Å². The molecule has 0 saturated carbocycles. The number of alkyl halides is 1. The molecule has 0 amide bonds. The fourth-order valence-electron chi connectivity index (χ4n) is 5.77. The van der Waals surface area contributed by atoms with Crippen LogP contribution in [-0.2, 0) is 37.5 Å². The van der Waals surface area contributed by atoms with Crippen LogP contribution in [0.2, 0.25) is 0 Å². The molecule has 0 spiro atoms. The van der Waals surface area contributed by atoms with Crippen LogP contribution in [0, 0.1) is 0 Å². The first-order valence-electron chi connectivity index (χ1n) is 12.5. The van der Waals surface area contributed by atoms with Crippen LogP contribution in [0.15, 0.2) is 36.4 Å². The number of sulfonamides is 1. The quantitative estimate of drug-likeness (QED) is 0.501. The van der Waals surface area contributed by atoms with Crippen LogP contribution in [0.5, 0.6) is 0 Å². The summed E-state index contributed by atoms with van der Waals surface area (Å²) in [6, 6.07) is 10.2. The number of rotatable bonds is 7. The average molecular weight is 552 g/mol. The highest BCUT2D eigenvalue weighted by atomic mass is 32.2. The van der Waals surface area contributed by atoms with Gasteiger partial charge < -0.3 is 0 Å². The molecule has 0 N–H and O–H groups in total. The summed E-state index contributed by atoms with van der Waals surface area (Å²) in [5.74, 6) is -0.176. The number of anilines is 2. The third kappa shape index (κ3) is 4.76. The number of benzene rings is 2. The minimum Gasteiger partial charge on any atom is -0.267 e. The fraction of sp³-hybridized carbons (Fsp3) is 0.556. The van der Waals surface area contributed by atoms with Crippen LogP contribution in [0.4, 0.5) is 15.8 Å². The predicted molar refractivity (Wildman–Crippen MR) is 148 cm³/mol. The normalized spacial score (nSPS) is 18.5. The second-order valence-corrected chi connectivity index (χ2v) is 15.8. The van der Waals surface area contributed by atoms with Gasteiger partial charge >= 0.3 is 10.2 Å². The second kappa shape index (κ2) is 9.24.